The van der Waals surface area contributed by atoms with E-state index in [4.69, 9.17) is 0 Å². The van der Waals surface area contributed by atoms with Crippen molar-refractivity contribution in [2.24, 2.45) is 5.92 Å². The van der Waals surface area contributed by atoms with Gasteiger partial charge >= 0.3 is 5.97 Å². The Hall–Kier alpha value is -2.49. The summed E-state index contributed by atoms with van der Waals surface area (Å²) < 4.78 is 12.7. The fourth-order valence-corrected chi connectivity index (χ4v) is 2.54. The number of hydrogen-bond donors (Lipinski definition) is 1. The number of carboxylic acid groups (broad SMARTS) is 1. The lowest BCUT2D eigenvalue weighted by Crippen LogP contribution is -2.21. The third-order valence-electron chi connectivity index (χ3n) is 3.70. The van der Waals surface area contributed by atoms with Crippen molar-refractivity contribution >= 4 is 11.8 Å². The van der Waals surface area contributed by atoms with Gasteiger partial charge in [-0.1, -0.05) is 54.6 Å². The molecule has 120 valence electrons. The lowest BCUT2D eigenvalue weighted by Gasteiger charge is -2.12. The van der Waals surface area contributed by atoms with Crippen molar-refractivity contribution in [2.45, 2.75) is 25.9 Å². The molecule has 0 aromatic heterocycles. The van der Waals surface area contributed by atoms with Crippen LogP contribution in [0.3, 0.4) is 0 Å². The van der Waals surface area contributed by atoms with Gasteiger partial charge in [0.2, 0.25) is 0 Å². The van der Waals surface area contributed by atoms with Crippen molar-refractivity contribution in [1.82, 2.24) is 0 Å². The van der Waals surface area contributed by atoms with Crippen molar-refractivity contribution in [3.05, 3.63) is 71.3 Å². The van der Waals surface area contributed by atoms with E-state index in [-0.39, 0.29) is 25.0 Å². The van der Waals surface area contributed by atoms with Crippen LogP contribution in [-0.2, 0) is 29.1 Å². The average Bonchev–Trinajstić information content (AvgIpc) is 2.55. The minimum absolute atomic E-state index is 0.0237. The summed E-state index contributed by atoms with van der Waals surface area (Å²) in [4.78, 5) is 23.5. The lowest BCUT2D eigenvalue weighted by molar-refractivity contribution is -0.143. The highest BCUT2D eigenvalue weighted by atomic mass is 19.1. The lowest BCUT2D eigenvalue weighted by atomic mass is 9.92. The van der Waals surface area contributed by atoms with Gasteiger partial charge in [0.15, 0.2) is 0 Å². The Kier molecular flexibility index (Phi) is 6.03. The molecule has 0 saturated carbocycles. The molecule has 0 saturated heterocycles. The number of carbonyl (C=O) groups is 2. The summed E-state index contributed by atoms with van der Waals surface area (Å²) in [6, 6.07) is 16.0. The SMILES string of the molecule is O=C(Cc1ccccc1)CC(Cc1cccc(CF)c1)C(=O)O. The fourth-order valence-electron chi connectivity index (χ4n) is 2.54. The third-order valence-corrected chi connectivity index (χ3v) is 3.70. The molecule has 0 bridgehead atoms. The van der Waals surface area contributed by atoms with Crippen LogP contribution >= 0.6 is 0 Å². The largest absolute Gasteiger partial charge is 0.481 e. The number of Topliss-reactive ketones (excluding diaryl/α,β-unsaturated/α-hetero) is 1. The van der Waals surface area contributed by atoms with E-state index in [1.165, 1.54) is 0 Å². The number of ketones is 1. The summed E-state index contributed by atoms with van der Waals surface area (Å²) in [5.41, 5.74) is 2.13. The molecule has 23 heavy (non-hydrogen) atoms. The quantitative estimate of drug-likeness (QED) is 0.810. The van der Waals surface area contributed by atoms with Crippen LogP contribution in [0.15, 0.2) is 54.6 Å². The molecule has 0 spiro atoms. The second-order valence-electron chi connectivity index (χ2n) is 5.60. The van der Waals surface area contributed by atoms with Crippen molar-refractivity contribution in [3.8, 4) is 0 Å². The van der Waals surface area contributed by atoms with Gasteiger partial charge in [-0.2, -0.15) is 0 Å². The maximum Gasteiger partial charge on any atom is 0.307 e. The Morgan fingerprint density at radius 1 is 0.957 bits per heavy atom. The monoisotopic (exact) mass is 314 g/mol. The standard InChI is InChI=1S/C19H19FO3/c20-13-16-8-4-7-15(9-16)10-17(19(22)23)12-18(21)11-14-5-2-1-3-6-14/h1-9,17H,10-13H2,(H,22,23). The molecule has 2 rings (SSSR count). The number of benzene rings is 2. The first-order chi connectivity index (χ1) is 11.1. The van der Waals surface area contributed by atoms with Crippen LogP contribution < -0.4 is 0 Å². The first-order valence-electron chi connectivity index (χ1n) is 7.50. The summed E-state index contributed by atoms with van der Waals surface area (Å²) in [6.07, 6.45) is 0.433. The zero-order valence-corrected chi connectivity index (χ0v) is 12.7. The summed E-state index contributed by atoms with van der Waals surface area (Å²) >= 11 is 0. The minimum Gasteiger partial charge on any atom is -0.481 e. The van der Waals surface area contributed by atoms with Crippen molar-refractivity contribution in [2.75, 3.05) is 0 Å². The van der Waals surface area contributed by atoms with Crippen molar-refractivity contribution in [1.29, 1.82) is 0 Å². The zero-order valence-electron chi connectivity index (χ0n) is 12.7. The van der Waals surface area contributed by atoms with E-state index in [0.717, 1.165) is 11.1 Å². The maximum absolute atomic E-state index is 12.7. The summed E-state index contributed by atoms with van der Waals surface area (Å²) in [7, 11) is 0. The molecule has 1 N–H and O–H groups in total. The Balaban J connectivity index is 2.00. The van der Waals surface area contributed by atoms with Crippen LogP contribution in [0.4, 0.5) is 4.39 Å². The first-order valence-corrected chi connectivity index (χ1v) is 7.50. The zero-order chi connectivity index (χ0) is 16.7. The molecule has 2 aromatic carbocycles. The maximum atomic E-state index is 12.7. The molecule has 1 unspecified atom stereocenters. The highest BCUT2D eigenvalue weighted by molar-refractivity contribution is 5.85. The van der Waals surface area contributed by atoms with Gasteiger partial charge in [-0.05, 0) is 23.1 Å². The van der Waals surface area contributed by atoms with Gasteiger partial charge < -0.3 is 5.11 Å². The first kappa shape index (κ1) is 16.9. The van der Waals surface area contributed by atoms with Crippen LogP contribution in [-0.4, -0.2) is 16.9 Å². The molecule has 1 atom stereocenters. The number of aliphatic carboxylic acids is 1. The van der Waals surface area contributed by atoms with Gasteiger partial charge in [0.05, 0.1) is 5.92 Å². The van der Waals surface area contributed by atoms with E-state index in [2.05, 4.69) is 0 Å². The molecule has 2 aromatic rings. The minimum atomic E-state index is -1.00. The van der Waals surface area contributed by atoms with Crippen molar-refractivity contribution < 1.29 is 19.1 Å². The normalized spacial score (nSPS) is 11.9. The van der Waals surface area contributed by atoms with E-state index >= 15 is 0 Å². The Labute approximate surface area is 134 Å². The predicted molar refractivity (Wildman–Crippen MR) is 85.9 cm³/mol. The van der Waals surface area contributed by atoms with Gasteiger partial charge in [-0.3, -0.25) is 9.59 Å². The smallest absolute Gasteiger partial charge is 0.307 e. The number of rotatable bonds is 8. The highest BCUT2D eigenvalue weighted by Crippen LogP contribution is 2.16. The van der Waals surface area contributed by atoms with Gasteiger partial charge in [-0.25, -0.2) is 4.39 Å². The number of carbonyl (C=O) groups excluding carboxylic acids is 1. The summed E-state index contributed by atoms with van der Waals surface area (Å²) in [5, 5.41) is 9.35. The molecule has 3 nitrogen and oxygen atoms in total. The van der Waals surface area contributed by atoms with Crippen LogP contribution in [0.25, 0.3) is 0 Å². The topological polar surface area (TPSA) is 54.4 Å². The fraction of sp³-hybridized carbons (Fsp3) is 0.263. The van der Waals surface area contributed by atoms with Gasteiger partial charge in [0, 0.05) is 12.8 Å². The van der Waals surface area contributed by atoms with Gasteiger partial charge in [0.1, 0.15) is 12.5 Å². The van der Waals surface area contributed by atoms with Crippen LogP contribution in [0.2, 0.25) is 0 Å². The highest BCUT2D eigenvalue weighted by Gasteiger charge is 2.21. The van der Waals surface area contributed by atoms with Crippen molar-refractivity contribution in [3.63, 3.8) is 0 Å². The van der Waals surface area contributed by atoms with E-state index in [9.17, 15) is 19.1 Å². The molecule has 0 aliphatic heterocycles. The molecule has 0 heterocycles. The number of alkyl halides is 1. The number of hydrogen-bond acceptors (Lipinski definition) is 2. The predicted octanol–water partition coefficient (Wildman–Crippen LogP) is 3.60. The molecule has 0 aliphatic carbocycles. The number of halogens is 1. The van der Waals surface area contributed by atoms with Gasteiger partial charge in [0.25, 0.3) is 0 Å². The van der Waals surface area contributed by atoms with E-state index in [1.54, 1.807) is 24.3 Å². The molecular weight excluding hydrogens is 295 g/mol. The molecule has 4 heteroatoms. The Morgan fingerprint density at radius 2 is 1.61 bits per heavy atom. The van der Waals surface area contributed by atoms with E-state index in [0.29, 0.717) is 5.56 Å². The van der Waals surface area contributed by atoms with Crippen LogP contribution in [0, 0.1) is 5.92 Å². The summed E-state index contributed by atoms with van der Waals surface area (Å²) in [5.74, 6) is -1.90. The van der Waals surface area contributed by atoms with Gasteiger partial charge in [-0.15, -0.1) is 0 Å². The van der Waals surface area contributed by atoms with Crippen LogP contribution in [0.5, 0.6) is 0 Å². The number of carboxylic acids is 1. The van der Waals surface area contributed by atoms with E-state index < -0.39 is 18.6 Å². The third kappa shape index (κ3) is 5.33. The van der Waals surface area contributed by atoms with E-state index in [1.807, 2.05) is 30.3 Å². The molecule has 0 fully saturated rings. The Bertz CT molecular complexity index is 667. The average molecular weight is 314 g/mol. The molecule has 0 amide bonds. The second kappa shape index (κ2) is 8.22. The molecule has 0 aliphatic rings. The molecule has 0 radical (unpaired) electrons. The summed E-state index contributed by atoms with van der Waals surface area (Å²) in [6.45, 7) is -0.585. The van der Waals surface area contributed by atoms with Crippen LogP contribution in [0.1, 0.15) is 23.1 Å². The second-order valence-corrected chi connectivity index (χ2v) is 5.60. The molecular formula is C19H19FO3. The Morgan fingerprint density at radius 3 is 2.26 bits per heavy atom.